The lowest BCUT2D eigenvalue weighted by Crippen LogP contribution is -2.52. The smallest absolute Gasteiger partial charge is 0.0224 e. The second-order valence-electron chi connectivity index (χ2n) is 7.71. The van der Waals surface area contributed by atoms with Crippen molar-refractivity contribution in [1.82, 2.24) is 14.7 Å². The van der Waals surface area contributed by atoms with E-state index >= 15 is 0 Å². The fourth-order valence-electron chi connectivity index (χ4n) is 4.11. The molecule has 1 atom stereocenters. The summed E-state index contributed by atoms with van der Waals surface area (Å²) in [5, 5.41) is 0. The van der Waals surface area contributed by atoms with Gasteiger partial charge in [-0.15, -0.1) is 0 Å². The van der Waals surface area contributed by atoms with Gasteiger partial charge in [-0.25, -0.2) is 0 Å². The molecule has 0 aliphatic carbocycles. The number of piperazine rings is 1. The van der Waals surface area contributed by atoms with Crippen molar-refractivity contribution in [3.63, 3.8) is 0 Å². The minimum Gasteiger partial charge on any atom is -0.304 e. The number of benzene rings is 1. The molecule has 3 rings (SSSR count). The fraction of sp³-hybridized carbons (Fsp3) is 0.714. The first-order valence-corrected chi connectivity index (χ1v) is 9.97. The Labute approximate surface area is 148 Å². The van der Waals surface area contributed by atoms with Gasteiger partial charge in [-0.2, -0.15) is 0 Å². The monoisotopic (exact) mass is 329 g/mol. The van der Waals surface area contributed by atoms with Crippen LogP contribution in [0.5, 0.6) is 0 Å². The average molecular weight is 330 g/mol. The van der Waals surface area contributed by atoms with E-state index in [9.17, 15) is 0 Å². The lowest BCUT2D eigenvalue weighted by Gasteiger charge is -2.39. The Balaban J connectivity index is 1.50. The molecule has 2 heterocycles. The topological polar surface area (TPSA) is 9.72 Å². The van der Waals surface area contributed by atoms with E-state index in [1.54, 1.807) is 0 Å². The number of likely N-dealkylation sites (tertiary alicyclic amines) is 1. The number of rotatable bonds is 5. The van der Waals surface area contributed by atoms with Crippen molar-refractivity contribution in [1.29, 1.82) is 0 Å². The molecule has 0 saturated carbocycles. The minimum absolute atomic E-state index is 0.781. The van der Waals surface area contributed by atoms with Crippen molar-refractivity contribution in [2.75, 3.05) is 52.9 Å². The van der Waals surface area contributed by atoms with Crippen LogP contribution in [-0.2, 0) is 12.8 Å². The zero-order valence-corrected chi connectivity index (χ0v) is 15.7. The molecule has 2 aliphatic heterocycles. The lowest BCUT2D eigenvalue weighted by atomic mass is 10.1. The van der Waals surface area contributed by atoms with Crippen LogP contribution in [0.2, 0.25) is 0 Å². The number of hydrogen-bond acceptors (Lipinski definition) is 3. The Morgan fingerprint density at radius 3 is 2.33 bits per heavy atom. The summed E-state index contributed by atoms with van der Waals surface area (Å²) in [6.07, 6.45) is 6.50. The van der Waals surface area contributed by atoms with Crippen LogP contribution in [0.15, 0.2) is 24.3 Å². The Morgan fingerprint density at radius 1 is 0.917 bits per heavy atom. The highest BCUT2D eigenvalue weighted by molar-refractivity contribution is 5.22. The van der Waals surface area contributed by atoms with Crippen molar-refractivity contribution in [2.45, 2.75) is 45.1 Å². The third-order valence-corrected chi connectivity index (χ3v) is 5.93. The quantitative estimate of drug-likeness (QED) is 0.822. The maximum Gasteiger partial charge on any atom is 0.0224 e. The van der Waals surface area contributed by atoms with Gasteiger partial charge in [0.2, 0.25) is 0 Å². The van der Waals surface area contributed by atoms with Crippen LogP contribution in [0.3, 0.4) is 0 Å². The van der Waals surface area contributed by atoms with Crippen LogP contribution in [0.4, 0.5) is 0 Å². The zero-order chi connectivity index (χ0) is 16.8. The molecule has 2 aliphatic rings. The average Bonchev–Trinajstić information content (AvgIpc) is 2.87. The molecule has 1 aromatic carbocycles. The zero-order valence-electron chi connectivity index (χ0n) is 15.7. The summed E-state index contributed by atoms with van der Waals surface area (Å²) < 4.78 is 0. The lowest BCUT2D eigenvalue weighted by molar-refractivity contribution is 0.0892. The summed E-state index contributed by atoms with van der Waals surface area (Å²) in [6, 6.07) is 10.0. The van der Waals surface area contributed by atoms with E-state index in [4.69, 9.17) is 0 Å². The Kier molecular flexibility index (Phi) is 6.70. The largest absolute Gasteiger partial charge is 0.304 e. The molecule has 3 nitrogen and oxygen atoms in total. The first-order valence-electron chi connectivity index (χ1n) is 9.97. The van der Waals surface area contributed by atoms with E-state index in [0.717, 1.165) is 12.5 Å². The van der Waals surface area contributed by atoms with E-state index < -0.39 is 0 Å². The molecule has 0 radical (unpaired) electrons. The summed E-state index contributed by atoms with van der Waals surface area (Å²) in [5.41, 5.74) is 2.94. The first kappa shape index (κ1) is 17.9. The van der Waals surface area contributed by atoms with Gasteiger partial charge in [0.25, 0.3) is 0 Å². The molecule has 0 amide bonds. The van der Waals surface area contributed by atoms with Crippen LogP contribution in [0, 0.1) is 0 Å². The standard InChI is InChI=1S/C21H35N3/c1-3-19-7-9-20(10-8-19)11-13-23-12-5-4-6-21(18-23)24-16-14-22(2)15-17-24/h7-10,21H,3-6,11-18H2,1-2H3/t21-/m0/s1. The molecule has 0 unspecified atom stereocenters. The first-order chi connectivity index (χ1) is 11.7. The minimum atomic E-state index is 0.781. The molecule has 0 spiro atoms. The Bertz CT molecular complexity index is 476. The summed E-state index contributed by atoms with van der Waals surface area (Å²) in [4.78, 5) is 7.95. The van der Waals surface area contributed by atoms with Crippen LogP contribution in [0.1, 0.15) is 37.3 Å². The SMILES string of the molecule is CCc1ccc(CCN2CCCC[C@H](N3CCN(C)CC3)C2)cc1. The van der Waals surface area contributed by atoms with E-state index in [0.29, 0.717) is 0 Å². The third kappa shape index (κ3) is 5.05. The van der Waals surface area contributed by atoms with Gasteiger partial charge in [0.1, 0.15) is 0 Å². The summed E-state index contributed by atoms with van der Waals surface area (Å²) >= 11 is 0. The van der Waals surface area contributed by atoms with Gasteiger partial charge >= 0.3 is 0 Å². The summed E-state index contributed by atoms with van der Waals surface area (Å²) in [7, 11) is 2.25. The predicted octanol–water partition coefficient (Wildman–Crippen LogP) is 2.89. The third-order valence-electron chi connectivity index (χ3n) is 5.93. The number of hydrogen-bond donors (Lipinski definition) is 0. The van der Waals surface area contributed by atoms with Crippen molar-refractivity contribution >= 4 is 0 Å². The normalized spacial score (nSPS) is 24.8. The molecule has 0 bridgehead atoms. The molecule has 24 heavy (non-hydrogen) atoms. The van der Waals surface area contributed by atoms with Crippen LogP contribution in [-0.4, -0.2) is 73.6 Å². The van der Waals surface area contributed by atoms with E-state index in [-0.39, 0.29) is 0 Å². The highest BCUT2D eigenvalue weighted by atomic mass is 15.3. The molecule has 2 saturated heterocycles. The Morgan fingerprint density at radius 2 is 1.62 bits per heavy atom. The summed E-state index contributed by atoms with van der Waals surface area (Å²) in [5.74, 6) is 0. The van der Waals surface area contributed by atoms with Crippen LogP contribution >= 0.6 is 0 Å². The molecular formula is C21H35N3. The van der Waals surface area contributed by atoms with Gasteiger partial charge in [-0.3, -0.25) is 4.90 Å². The van der Waals surface area contributed by atoms with Gasteiger partial charge in [0.05, 0.1) is 0 Å². The maximum absolute atomic E-state index is 2.76. The van der Waals surface area contributed by atoms with Crippen molar-refractivity contribution in [3.8, 4) is 0 Å². The Hall–Kier alpha value is -0.900. The number of likely N-dealkylation sites (N-methyl/N-ethyl adjacent to an activating group) is 1. The molecule has 1 aromatic rings. The molecular weight excluding hydrogens is 294 g/mol. The van der Waals surface area contributed by atoms with Crippen molar-refractivity contribution in [2.24, 2.45) is 0 Å². The highest BCUT2D eigenvalue weighted by Gasteiger charge is 2.25. The van der Waals surface area contributed by atoms with Crippen molar-refractivity contribution < 1.29 is 0 Å². The molecule has 3 heteroatoms. The van der Waals surface area contributed by atoms with Gasteiger partial charge < -0.3 is 9.80 Å². The molecule has 134 valence electrons. The molecule has 0 N–H and O–H groups in total. The second-order valence-corrected chi connectivity index (χ2v) is 7.71. The van der Waals surface area contributed by atoms with E-state index in [2.05, 4.69) is 52.9 Å². The van der Waals surface area contributed by atoms with E-state index in [1.165, 1.54) is 82.6 Å². The number of nitrogens with zero attached hydrogens (tertiary/aromatic N) is 3. The van der Waals surface area contributed by atoms with Gasteiger partial charge in [0.15, 0.2) is 0 Å². The maximum atomic E-state index is 2.76. The van der Waals surface area contributed by atoms with Crippen molar-refractivity contribution in [3.05, 3.63) is 35.4 Å². The summed E-state index contributed by atoms with van der Waals surface area (Å²) in [6.45, 7) is 11.0. The highest BCUT2D eigenvalue weighted by Crippen LogP contribution is 2.18. The molecule has 0 aromatic heterocycles. The van der Waals surface area contributed by atoms with Gasteiger partial charge in [-0.05, 0) is 50.4 Å². The predicted molar refractivity (Wildman–Crippen MR) is 103 cm³/mol. The van der Waals surface area contributed by atoms with Gasteiger partial charge in [-0.1, -0.05) is 37.6 Å². The second kappa shape index (κ2) is 8.98. The van der Waals surface area contributed by atoms with E-state index in [1.807, 2.05) is 0 Å². The fourth-order valence-corrected chi connectivity index (χ4v) is 4.11. The van der Waals surface area contributed by atoms with Gasteiger partial charge in [0, 0.05) is 45.3 Å². The number of aryl methyl sites for hydroxylation is 1. The molecule has 2 fully saturated rings. The van der Waals surface area contributed by atoms with Crippen LogP contribution in [0.25, 0.3) is 0 Å². The van der Waals surface area contributed by atoms with Crippen LogP contribution < -0.4 is 0 Å².